The van der Waals surface area contributed by atoms with Gasteiger partial charge in [0, 0.05) is 30.3 Å². The predicted molar refractivity (Wildman–Crippen MR) is 103 cm³/mol. The quantitative estimate of drug-likeness (QED) is 0.738. The van der Waals surface area contributed by atoms with Crippen molar-refractivity contribution in [2.45, 2.75) is 12.8 Å². The van der Waals surface area contributed by atoms with Crippen molar-refractivity contribution in [2.75, 3.05) is 6.61 Å². The minimum atomic E-state index is -0.454. The molecule has 0 fully saturated rings. The first-order chi connectivity index (χ1) is 13.6. The molecule has 1 aromatic heterocycles. The van der Waals surface area contributed by atoms with Gasteiger partial charge in [-0.05, 0) is 41.8 Å². The Bertz CT molecular complexity index is 1060. The SMILES string of the molecule is NC(=O)c1ccccc1Cc1ccnc(Oc2ccc3c(c2)OCCC3=O)c1. The molecule has 0 radical (unpaired) electrons. The van der Waals surface area contributed by atoms with E-state index in [0.717, 1.165) is 11.1 Å². The van der Waals surface area contributed by atoms with E-state index in [1.165, 1.54) is 0 Å². The molecule has 0 bridgehead atoms. The average Bonchev–Trinajstić information content (AvgIpc) is 2.69. The molecule has 4 rings (SSSR count). The number of carbonyl (C=O) groups excluding carboxylic acids is 2. The zero-order valence-corrected chi connectivity index (χ0v) is 15.1. The number of Topliss-reactive ketones (excluding diaryl/α,β-unsaturated/α-hetero) is 1. The molecule has 0 aliphatic carbocycles. The molecule has 2 aromatic carbocycles. The van der Waals surface area contributed by atoms with Gasteiger partial charge in [0.1, 0.15) is 11.5 Å². The number of carbonyl (C=O) groups is 2. The average molecular weight is 374 g/mol. The van der Waals surface area contributed by atoms with Gasteiger partial charge in [-0.2, -0.15) is 0 Å². The maximum absolute atomic E-state index is 11.9. The number of nitrogens with two attached hydrogens (primary N) is 1. The van der Waals surface area contributed by atoms with Crippen LogP contribution in [0.4, 0.5) is 0 Å². The van der Waals surface area contributed by atoms with Crippen LogP contribution in [0, 0.1) is 0 Å². The van der Waals surface area contributed by atoms with Crippen molar-refractivity contribution in [1.82, 2.24) is 4.98 Å². The number of hydrogen-bond acceptors (Lipinski definition) is 5. The number of aromatic nitrogens is 1. The number of fused-ring (bicyclic) bond motifs is 1. The van der Waals surface area contributed by atoms with Crippen LogP contribution >= 0.6 is 0 Å². The van der Waals surface area contributed by atoms with Gasteiger partial charge < -0.3 is 15.2 Å². The van der Waals surface area contributed by atoms with Crippen LogP contribution in [0.5, 0.6) is 17.4 Å². The van der Waals surface area contributed by atoms with Crippen LogP contribution in [-0.4, -0.2) is 23.3 Å². The summed E-state index contributed by atoms with van der Waals surface area (Å²) < 4.78 is 11.4. The summed E-state index contributed by atoms with van der Waals surface area (Å²) in [5.74, 6) is 1.10. The smallest absolute Gasteiger partial charge is 0.248 e. The molecule has 1 aliphatic heterocycles. The summed E-state index contributed by atoms with van der Waals surface area (Å²) >= 11 is 0. The highest BCUT2D eigenvalue weighted by Crippen LogP contribution is 2.31. The van der Waals surface area contributed by atoms with Crippen molar-refractivity contribution < 1.29 is 19.1 Å². The summed E-state index contributed by atoms with van der Waals surface area (Å²) in [6.45, 7) is 0.377. The van der Waals surface area contributed by atoms with E-state index in [9.17, 15) is 9.59 Å². The van der Waals surface area contributed by atoms with Gasteiger partial charge >= 0.3 is 0 Å². The number of benzene rings is 2. The molecule has 1 aliphatic rings. The lowest BCUT2D eigenvalue weighted by atomic mass is 10.00. The van der Waals surface area contributed by atoms with Crippen molar-refractivity contribution in [3.05, 3.63) is 83.0 Å². The minimum absolute atomic E-state index is 0.0704. The lowest BCUT2D eigenvalue weighted by Crippen LogP contribution is -2.15. The first kappa shape index (κ1) is 17.7. The van der Waals surface area contributed by atoms with Crippen molar-refractivity contribution in [2.24, 2.45) is 5.73 Å². The Balaban J connectivity index is 1.55. The largest absolute Gasteiger partial charge is 0.492 e. The summed E-state index contributed by atoms with van der Waals surface area (Å²) in [6.07, 6.45) is 2.57. The Morgan fingerprint density at radius 2 is 2.00 bits per heavy atom. The number of primary amides is 1. The standard InChI is InChI=1S/C22H18N2O4/c23-22(26)17-4-2-1-3-15(17)11-14-7-9-24-21(12-14)28-16-5-6-18-19(25)8-10-27-20(18)13-16/h1-7,9,12-13H,8,10-11H2,(H2,23,26). The molecule has 0 atom stereocenters. The molecule has 0 spiro atoms. The monoisotopic (exact) mass is 374 g/mol. The van der Waals surface area contributed by atoms with Gasteiger partial charge in [0.15, 0.2) is 5.78 Å². The third-order valence-electron chi connectivity index (χ3n) is 4.54. The summed E-state index contributed by atoms with van der Waals surface area (Å²) in [6, 6.07) is 16.0. The fourth-order valence-corrected chi connectivity index (χ4v) is 3.18. The minimum Gasteiger partial charge on any atom is -0.492 e. The molecule has 1 amide bonds. The van der Waals surface area contributed by atoms with Crippen LogP contribution in [0.25, 0.3) is 0 Å². The second-order valence-electron chi connectivity index (χ2n) is 6.48. The molecule has 6 heteroatoms. The first-order valence-corrected chi connectivity index (χ1v) is 8.91. The molecule has 140 valence electrons. The Kier molecular flexibility index (Phi) is 4.76. The third kappa shape index (κ3) is 3.71. The molecule has 0 saturated carbocycles. The predicted octanol–water partition coefficient (Wildman–Crippen LogP) is 3.53. The topological polar surface area (TPSA) is 91.5 Å². The number of pyridine rings is 1. The molecule has 6 nitrogen and oxygen atoms in total. The third-order valence-corrected chi connectivity index (χ3v) is 4.54. The fraction of sp³-hybridized carbons (Fsp3) is 0.136. The Labute approximate surface area is 161 Å². The van der Waals surface area contributed by atoms with E-state index in [4.69, 9.17) is 15.2 Å². The number of ether oxygens (including phenoxy) is 2. The molecular weight excluding hydrogens is 356 g/mol. The number of rotatable bonds is 5. The number of nitrogens with zero attached hydrogens (tertiary/aromatic N) is 1. The lowest BCUT2D eigenvalue weighted by Gasteiger charge is -2.17. The van der Waals surface area contributed by atoms with Crippen molar-refractivity contribution in [3.8, 4) is 17.4 Å². The second kappa shape index (κ2) is 7.52. The van der Waals surface area contributed by atoms with E-state index in [1.54, 1.807) is 36.5 Å². The van der Waals surface area contributed by atoms with Gasteiger partial charge in [0.05, 0.1) is 12.2 Å². The number of ketones is 1. The summed E-state index contributed by atoms with van der Waals surface area (Å²) in [5, 5.41) is 0. The molecule has 28 heavy (non-hydrogen) atoms. The zero-order chi connectivity index (χ0) is 19.5. The Morgan fingerprint density at radius 1 is 1.14 bits per heavy atom. The Morgan fingerprint density at radius 3 is 2.86 bits per heavy atom. The van der Waals surface area contributed by atoms with Gasteiger partial charge in [-0.3, -0.25) is 9.59 Å². The molecule has 0 saturated heterocycles. The van der Waals surface area contributed by atoms with E-state index < -0.39 is 5.91 Å². The maximum Gasteiger partial charge on any atom is 0.248 e. The van der Waals surface area contributed by atoms with E-state index in [1.807, 2.05) is 24.3 Å². The fourth-order valence-electron chi connectivity index (χ4n) is 3.18. The normalized spacial score (nSPS) is 12.8. The molecule has 3 aromatic rings. The van der Waals surface area contributed by atoms with Gasteiger partial charge in [0.25, 0.3) is 0 Å². The van der Waals surface area contributed by atoms with Gasteiger partial charge in [-0.15, -0.1) is 0 Å². The summed E-state index contributed by atoms with van der Waals surface area (Å²) in [5.41, 5.74) is 8.30. The molecule has 2 N–H and O–H groups in total. The van der Waals surface area contributed by atoms with Gasteiger partial charge in [-0.25, -0.2) is 4.98 Å². The van der Waals surface area contributed by atoms with Crippen LogP contribution in [0.2, 0.25) is 0 Å². The summed E-state index contributed by atoms with van der Waals surface area (Å²) in [4.78, 5) is 27.7. The van der Waals surface area contributed by atoms with E-state index in [0.29, 0.717) is 48.0 Å². The Hall–Kier alpha value is -3.67. The van der Waals surface area contributed by atoms with Crippen LogP contribution in [0.15, 0.2) is 60.8 Å². The van der Waals surface area contributed by atoms with Crippen molar-refractivity contribution in [3.63, 3.8) is 0 Å². The van der Waals surface area contributed by atoms with E-state index in [2.05, 4.69) is 4.98 Å². The zero-order valence-electron chi connectivity index (χ0n) is 15.1. The summed E-state index contributed by atoms with van der Waals surface area (Å²) in [7, 11) is 0. The maximum atomic E-state index is 11.9. The van der Waals surface area contributed by atoms with Crippen LogP contribution < -0.4 is 15.2 Å². The highest BCUT2D eigenvalue weighted by Gasteiger charge is 2.19. The van der Waals surface area contributed by atoms with Crippen LogP contribution in [0.1, 0.15) is 38.3 Å². The highest BCUT2D eigenvalue weighted by molar-refractivity contribution is 5.99. The second-order valence-corrected chi connectivity index (χ2v) is 6.48. The number of hydrogen-bond donors (Lipinski definition) is 1. The lowest BCUT2D eigenvalue weighted by molar-refractivity contribution is 0.0932. The first-order valence-electron chi connectivity index (χ1n) is 8.91. The molecule has 0 unspecified atom stereocenters. The van der Waals surface area contributed by atoms with Crippen LogP contribution in [0.3, 0.4) is 0 Å². The number of amides is 1. The van der Waals surface area contributed by atoms with Gasteiger partial charge in [-0.1, -0.05) is 18.2 Å². The van der Waals surface area contributed by atoms with E-state index in [-0.39, 0.29) is 5.78 Å². The van der Waals surface area contributed by atoms with E-state index >= 15 is 0 Å². The van der Waals surface area contributed by atoms with Crippen molar-refractivity contribution in [1.29, 1.82) is 0 Å². The van der Waals surface area contributed by atoms with Gasteiger partial charge in [0.2, 0.25) is 11.8 Å². The van der Waals surface area contributed by atoms with Crippen molar-refractivity contribution >= 4 is 11.7 Å². The molecular formula is C22H18N2O4. The highest BCUT2D eigenvalue weighted by atomic mass is 16.5. The van der Waals surface area contributed by atoms with Crippen LogP contribution in [-0.2, 0) is 6.42 Å². The molecule has 2 heterocycles.